The zero-order chi connectivity index (χ0) is 8.48. The van der Waals surface area contributed by atoms with Gasteiger partial charge in [0.2, 0.25) is 0 Å². The van der Waals surface area contributed by atoms with Crippen molar-refractivity contribution in [1.29, 1.82) is 0 Å². The van der Waals surface area contributed by atoms with Crippen LogP contribution >= 0.6 is 0 Å². The number of hydrogen-bond donors (Lipinski definition) is 0. The first-order valence-electron chi connectivity index (χ1n) is 4.05. The van der Waals surface area contributed by atoms with Crippen LogP contribution in [0, 0.1) is 0 Å². The van der Waals surface area contributed by atoms with Gasteiger partial charge in [-0.05, 0) is 6.92 Å². The summed E-state index contributed by atoms with van der Waals surface area (Å²) in [5.41, 5.74) is 0. The highest BCUT2D eigenvalue weighted by molar-refractivity contribution is 4.61. The quantitative estimate of drug-likeness (QED) is 0.411. The lowest BCUT2D eigenvalue weighted by atomic mass is 10.3. The molecule has 0 aromatic heterocycles. The molecule has 0 unspecified atom stereocenters. The summed E-state index contributed by atoms with van der Waals surface area (Å²) < 4.78 is 11.7. The fraction of sp³-hybridized carbons (Fsp3) is 1.00. The van der Waals surface area contributed by atoms with Crippen molar-refractivity contribution in [3.8, 4) is 0 Å². The minimum absolute atomic E-state index is 0. The third kappa shape index (κ3) is 4.59. The molecule has 1 rings (SSSR count). The molecule has 0 saturated carbocycles. The Morgan fingerprint density at radius 3 is 2.25 bits per heavy atom. The molecule has 0 radical (unpaired) electrons. The van der Waals surface area contributed by atoms with Crippen molar-refractivity contribution in [2.45, 2.75) is 19.3 Å². The molecule has 3 nitrogen and oxygen atoms in total. The molecule has 0 N–H and O–H groups in total. The molecule has 1 saturated heterocycles. The summed E-state index contributed by atoms with van der Waals surface area (Å²) in [4.78, 5) is 0. The van der Waals surface area contributed by atoms with E-state index in [1.54, 1.807) is 0 Å². The van der Waals surface area contributed by atoms with Crippen LogP contribution in [0.15, 0.2) is 0 Å². The Morgan fingerprint density at radius 2 is 1.92 bits per heavy atom. The van der Waals surface area contributed by atoms with Crippen molar-refractivity contribution in [3.05, 3.63) is 0 Å². The second kappa shape index (κ2) is 4.74. The monoisotopic (exact) mass is 287 g/mol. The van der Waals surface area contributed by atoms with Gasteiger partial charge < -0.3 is 37.9 Å². The van der Waals surface area contributed by atoms with Crippen molar-refractivity contribution < 1.29 is 37.9 Å². The van der Waals surface area contributed by atoms with Crippen LogP contribution in [0.1, 0.15) is 6.92 Å². The summed E-state index contributed by atoms with van der Waals surface area (Å²) in [6, 6.07) is 0. The van der Waals surface area contributed by atoms with Gasteiger partial charge in [-0.2, -0.15) is 0 Å². The van der Waals surface area contributed by atoms with Crippen LogP contribution in [-0.4, -0.2) is 51.2 Å². The van der Waals surface area contributed by atoms with Crippen molar-refractivity contribution in [1.82, 2.24) is 0 Å². The van der Waals surface area contributed by atoms with Crippen molar-refractivity contribution in [2.75, 3.05) is 34.3 Å². The average molecular weight is 287 g/mol. The SMILES string of the molecule is C[C@@H]1OC[C@@H](C[N+](C)(C)C)O1.[I-]. The number of rotatable bonds is 2. The normalized spacial score (nSPS) is 30.0. The van der Waals surface area contributed by atoms with Gasteiger partial charge in [-0.25, -0.2) is 0 Å². The van der Waals surface area contributed by atoms with Gasteiger partial charge in [-0.15, -0.1) is 0 Å². The molecule has 74 valence electrons. The van der Waals surface area contributed by atoms with E-state index in [9.17, 15) is 0 Å². The first-order chi connectivity index (χ1) is 4.97. The molecule has 12 heavy (non-hydrogen) atoms. The summed E-state index contributed by atoms with van der Waals surface area (Å²) in [5, 5.41) is 0. The van der Waals surface area contributed by atoms with E-state index in [1.165, 1.54) is 0 Å². The molecule has 0 aromatic rings. The molecule has 2 atom stereocenters. The smallest absolute Gasteiger partial charge is 0.155 e. The molecule has 0 bridgehead atoms. The number of hydrogen-bond acceptors (Lipinski definition) is 2. The number of nitrogens with zero attached hydrogens (tertiary/aromatic N) is 1. The van der Waals surface area contributed by atoms with Gasteiger partial charge in [0.05, 0.1) is 27.7 Å². The molecule has 0 spiro atoms. The molecule has 1 heterocycles. The Hall–Kier alpha value is 0.610. The fourth-order valence-corrected chi connectivity index (χ4v) is 1.30. The van der Waals surface area contributed by atoms with Crippen LogP contribution in [0.5, 0.6) is 0 Å². The van der Waals surface area contributed by atoms with Crippen LogP contribution in [-0.2, 0) is 9.47 Å². The van der Waals surface area contributed by atoms with E-state index in [0.29, 0.717) is 0 Å². The third-order valence-corrected chi connectivity index (χ3v) is 1.65. The van der Waals surface area contributed by atoms with Crippen molar-refractivity contribution in [3.63, 3.8) is 0 Å². The standard InChI is InChI=1S/C8H18NO2.HI/c1-7-10-6-8(11-7)5-9(2,3)4;/h7-8H,5-6H2,1-4H3;1H/q+1;/p-1/t7-,8-;/m1./s1. The summed E-state index contributed by atoms with van der Waals surface area (Å²) in [6.07, 6.45) is 0.275. The van der Waals surface area contributed by atoms with Gasteiger partial charge >= 0.3 is 0 Å². The van der Waals surface area contributed by atoms with E-state index in [1.807, 2.05) is 6.92 Å². The lowest BCUT2D eigenvalue weighted by molar-refractivity contribution is -0.873. The predicted molar refractivity (Wildman–Crippen MR) is 43.2 cm³/mol. The zero-order valence-electron chi connectivity index (χ0n) is 8.21. The van der Waals surface area contributed by atoms with Gasteiger partial charge in [-0.3, -0.25) is 0 Å². The van der Waals surface area contributed by atoms with Crippen LogP contribution < -0.4 is 24.0 Å². The van der Waals surface area contributed by atoms with Crippen LogP contribution in [0.2, 0.25) is 0 Å². The Labute approximate surface area is 91.6 Å². The topological polar surface area (TPSA) is 18.5 Å². The highest BCUT2D eigenvalue weighted by atomic mass is 127. The molecule has 0 aromatic carbocycles. The van der Waals surface area contributed by atoms with E-state index >= 15 is 0 Å². The summed E-state index contributed by atoms with van der Waals surface area (Å²) >= 11 is 0. The lowest BCUT2D eigenvalue weighted by Crippen LogP contribution is -3.00. The molecule has 1 aliphatic heterocycles. The van der Waals surface area contributed by atoms with Crippen molar-refractivity contribution >= 4 is 0 Å². The predicted octanol–water partition coefficient (Wildman–Crippen LogP) is -2.54. The summed E-state index contributed by atoms with van der Waals surface area (Å²) in [5.74, 6) is 0. The Bertz CT molecular complexity index is 136. The minimum Gasteiger partial charge on any atom is -1.00 e. The molecule has 1 aliphatic rings. The molecule has 0 amide bonds. The third-order valence-electron chi connectivity index (χ3n) is 1.65. The molecule has 4 heteroatoms. The second-order valence-electron chi connectivity index (χ2n) is 4.13. The maximum Gasteiger partial charge on any atom is 0.155 e. The molecular weight excluding hydrogens is 269 g/mol. The Kier molecular flexibility index (Phi) is 4.98. The number of halogens is 1. The fourth-order valence-electron chi connectivity index (χ4n) is 1.30. The largest absolute Gasteiger partial charge is 1.00 e. The lowest BCUT2D eigenvalue weighted by Gasteiger charge is -2.26. The summed E-state index contributed by atoms with van der Waals surface area (Å²) in [7, 11) is 6.48. The van der Waals surface area contributed by atoms with E-state index in [4.69, 9.17) is 9.47 Å². The maximum absolute atomic E-state index is 5.50. The number of likely N-dealkylation sites (N-methyl/N-ethyl adjacent to an activating group) is 1. The molecule has 1 fully saturated rings. The van der Waals surface area contributed by atoms with E-state index in [0.717, 1.165) is 17.6 Å². The second-order valence-corrected chi connectivity index (χ2v) is 4.13. The highest BCUT2D eigenvalue weighted by Crippen LogP contribution is 2.12. The molecular formula is C8H18INO2. The van der Waals surface area contributed by atoms with Crippen LogP contribution in [0.4, 0.5) is 0 Å². The maximum atomic E-state index is 5.50. The van der Waals surface area contributed by atoms with E-state index in [2.05, 4.69) is 21.1 Å². The van der Waals surface area contributed by atoms with Crippen molar-refractivity contribution in [2.24, 2.45) is 0 Å². The first kappa shape index (κ1) is 12.6. The minimum atomic E-state index is -0.00782. The first-order valence-corrected chi connectivity index (χ1v) is 4.05. The zero-order valence-corrected chi connectivity index (χ0v) is 10.4. The van der Waals surface area contributed by atoms with Gasteiger partial charge in [0, 0.05) is 0 Å². The van der Waals surface area contributed by atoms with Gasteiger partial charge in [-0.1, -0.05) is 0 Å². The Morgan fingerprint density at radius 1 is 1.33 bits per heavy atom. The average Bonchev–Trinajstić information content (AvgIpc) is 2.10. The van der Waals surface area contributed by atoms with Crippen LogP contribution in [0.25, 0.3) is 0 Å². The highest BCUT2D eigenvalue weighted by Gasteiger charge is 2.27. The number of ether oxygens (including phenoxy) is 2. The van der Waals surface area contributed by atoms with Crippen LogP contribution in [0.3, 0.4) is 0 Å². The van der Waals surface area contributed by atoms with E-state index in [-0.39, 0.29) is 36.4 Å². The Balaban J connectivity index is 0.00000121. The molecule has 0 aliphatic carbocycles. The van der Waals surface area contributed by atoms with E-state index < -0.39 is 0 Å². The van der Waals surface area contributed by atoms with Gasteiger partial charge in [0.15, 0.2) is 6.29 Å². The summed E-state index contributed by atoms with van der Waals surface area (Å²) in [6.45, 7) is 3.71. The van der Waals surface area contributed by atoms with Gasteiger partial charge in [0.25, 0.3) is 0 Å². The van der Waals surface area contributed by atoms with Gasteiger partial charge in [0.1, 0.15) is 12.6 Å². The number of quaternary nitrogens is 1.